The quantitative estimate of drug-likeness (QED) is 0.919. The zero-order valence-corrected chi connectivity index (χ0v) is 15.9. The topological polar surface area (TPSA) is 62.5 Å². The molecule has 1 saturated heterocycles. The van der Waals surface area contributed by atoms with Crippen LogP contribution in [0.4, 0.5) is 5.69 Å². The lowest BCUT2D eigenvalue weighted by molar-refractivity contribution is 0.0573. The smallest absolute Gasteiger partial charge is 0.255 e. The Kier molecular flexibility index (Phi) is 5.57. The summed E-state index contributed by atoms with van der Waals surface area (Å²) in [6.45, 7) is 3.50. The number of carbonyl (C=O) groups is 1. The fourth-order valence-electron chi connectivity index (χ4n) is 3.58. The van der Waals surface area contributed by atoms with Gasteiger partial charge in [0.05, 0.1) is 5.56 Å². The molecule has 1 aliphatic heterocycles. The number of amides is 1. The molecule has 0 spiro atoms. The van der Waals surface area contributed by atoms with Gasteiger partial charge in [0.25, 0.3) is 5.91 Å². The highest BCUT2D eigenvalue weighted by atomic mass is 16.2. The minimum atomic E-state index is 0.0339. The first-order chi connectivity index (χ1) is 12.5. The average Bonchev–Trinajstić information content (AvgIpc) is 2.67. The molecule has 2 atom stereocenters. The predicted octanol–water partition coefficient (Wildman–Crippen LogP) is 3.01. The number of anilines is 1. The molecule has 1 amide bonds. The number of benzene rings is 1. The maximum Gasteiger partial charge on any atom is 0.255 e. The van der Waals surface area contributed by atoms with Gasteiger partial charge in [-0.05, 0) is 42.5 Å². The zero-order chi connectivity index (χ0) is 18.7. The van der Waals surface area contributed by atoms with E-state index >= 15 is 0 Å². The van der Waals surface area contributed by atoms with E-state index in [4.69, 9.17) is 5.73 Å². The van der Waals surface area contributed by atoms with Crippen molar-refractivity contribution >= 4 is 11.6 Å². The first-order valence-electron chi connectivity index (χ1n) is 9.23. The van der Waals surface area contributed by atoms with E-state index in [0.717, 1.165) is 36.2 Å². The predicted molar refractivity (Wildman–Crippen MR) is 106 cm³/mol. The Hall–Kier alpha value is -2.40. The highest BCUT2D eigenvalue weighted by Crippen LogP contribution is 2.26. The Morgan fingerprint density at radius 2 is 1.96 bits per heavy atom. The Balaban J connectivity index is 1.83. The molecule has 1 aromatic carbocycles. The first-order valence-corrected chi connectivity index (χ1v) is 9.23. The molecule has 0 aliphatic carbocycles. The minimum Gasteiger partial charge on any atom is -0.378 e. The molecule has 2 aromatic rings. The van der Waals surface area contributed by atoms with E-state index in [1.54, 1.807) is 12.4 Å². The molecule has 5 nitrogen and oxygen atoms in total. The third-order valence-electron chi connectivity index (χ3n) is 5.21. The molecule has 5 heteroatoms. The van der Waals surface area contributed by atoms with E-state index in [1.807, 2.05) is 25.1 Å². The standard InChI is InChI=1S/C21H28N4O/c1-15-8-9-25(20(10-15)12-22)21(26)18-11-17(13-23-14-18)16-4-6-19(7-5-16)24(2)3/h4-7,11,13-15,20H,8-10,12,22H2,1-3H3. The van der Waals surface area contributed by atoms with Gasteiger partial charge in [0.1, 0.15) is 0 Å². The van der Waals surface area contributed by atoms with Gasteiger partial charge >= 0.3 is 0 Å². The number of aromatic nitrogens is 1. The van der Waals surface area contributed by atoms with Crippen molar-refractivity contribution in [2.24, 2.45) is 11.7 Å². The summed E-state index contributed by atoms with van der Waals surface area (Å²) < 4.78 is 0. The minimum absolute atomic E-state index is 0.0339. The van der Waals surface area contributed by atoms with Crippen LogP contribution in [0.5, 0.6) is 0 Å². The van der Waals surface area contributed by atoms with Gasteiger partial charge in [-0.25, -0.2) is 0 Å². The molecular weight excluding hydrogens is 324 g/mol. The van der Waals surface area contributed by atoms with Crippen molar-refractivity contribution in [1.29, 1.82) is 0 Å². The first kappa shape index (κ1) is 18.4. The van der Waals surface area contributed by atoms with Crippen LogP contribution in [0, 0.1) is 5.92 Å². The van der Waals surface area contributed by atoms with Crippen molar-refractivity contribution in [2.45, 2.75) is 25.8 Å². The van der Waals surface area contributed by atoms with Crippen molar-refractivity contribution in [3.63, 3.8) is 0 Å². The van der Waals surface area contributed by atoms with Crippen LogP contribution in [-0.2, 0) is 0 Å². The van der Waals surface area contributed by atoms with E-state index in [0.29, 0.717) is 18.0 Å². The fraction of sp³-hybridized carbons (Fsp3) is 0.429. The van der Waals surface area contributed by atoms with Gasteiger partial charge in [-0.2, -0.15) is 0 Å². The van der Waals surface area contributed by atoms with Crippen LogP contribution >= 0.6 is 0 Å². The van der Waals surface area contributed by atoms with E-state index in [-0.39, 0.29) is 11.9 Å². The molecule has 0 bridgehead atoms. The monoisotopic (exact) mass is 352 g/mol. The molecule has 0 radical (unpaired) electrons. The van der Waals surface area contributed by atoms with Crippen LogP contribution in [0.3, 0.4) is 0 Å². The van der Waals surface area contributed by atoms with E-state index < -0.39 is 0 Å². The Labute approximate surface area is 155 Å². The van der Waals surface area contributed by atoms with Gasteiger partial charge in [-0.15, -0.1) is 0 Å². The number of nitrogens with two attached hydrogens (primary N) is 1. The average molecular weight is 352 g/mol. The van der Waals surface area contributed by atoms with Crippen molar-refractivity contribution in [1.82, 2.24) is 9.88 Å². The molecule has 2 N–H and O–H groups in total. The van der Waals surface area contributed by atoms with Crippen LogP contribution in [-0.4, -0.2) is 49.0 Å². The molecule has 3 rings (SSSR count). The molecule has 1 fully saturated rings. The summed E-state index contributed by atoms with van der Waals surface area (Å²) in [6.07, 6.45) is 5.47. The number of nitrogens with zero attached hydrogens (tertiary/aromatic N) is 3. The van der Waals surface area contributed by atoms with E-state index in [2.05, 4.69) is 41.1 Å². The second-order valence-corrected chi connectivity index (χ2v) is 7.42. The number of hydrogen-bond donors (Lipinski definition) is 1. The summed E-state index contributed by atoms with van der Waals surface area (Å²) in [4.78, 5) is 21.3. The number of likely N-dealkylation sites (tertiary alicyclic amines) is 1. The Morgan fingerprint density at radius 1 is 1.23 bits per heavy atom. The van der Waals surface area contributed by atoms with Gasteiger partial charge in [0.15, 0.2) is 0 Å². The Morgan fingerprint density at radius 3 is 2.62 bits per heavy atom. The van der Waals surface area contributed by atoms with Gasteiger partial charge in [-0.1, -0.05) is 19.1 Å². The van der Waals surface area contributed by atoms with Crippen molar-refractivity contribution in [3.05, 3.63) is 48.3 Å². The maximum atomic E-state index is 13.0. The van der Waals surface area contributed by atoms with Gasteiger partial charge in [0.2, 0.25) is 0 Å². The van der Waals surface area contributed by atoms with Crippen LogP contribution < -0.4 is 10.6 Å². The molecule has 26 heavy (non-hydrogen) atoms. The molecule has 1 aliphatic rings. The number of hydrogen-bond acceptors (Lipinski definition) is 4. The molecule has 138 valence electrons. The second-order valence-electron chi connectivity index (χ2n) is 7.42. The summed E-state index contributed by atoms with van der Waals surface area (Å²) in [5, 5.41) is 0. The van der Waals surface area contributed by atoms with Gasteiger partial charge in [0, 0.05) is 56.9 Å². The van der Waals surface area contributed by atoms with Gasteiger partial charge in [-0.3, -0.25) is 9.78 Å². The summed E-state index contributed by atoms with van der Waals surface area (Å²) in [7, 11) is 4.03. The van der Waals surface area contributed by atoms with Crippen LogP contribution in [0.1, 0.15) is 30.1 Å². The van der Waals surface area contributed by atoms with Gasteiger partial charge < -0.3 is 15.5 Å². The van der Waals surface area contributed by atoms with Crippen molar-refractivity contribution < 1.29 is 4.79 Å². The number of carbonyl (C=O) groups excluding carboxylic acids is 1. The summed E-state index contributed by atoms with van der Waals surface area (Å²) in [6, 6.07) is 10.3. The molecule has 2 unspecified atom stereocenters. The van der Waals surface area contributed by atoms with Crippen LogP contribution in [0.25, 0.3) is 11.1 Å². The third-order valence-corrected chi connectivity index (χ3v) is 5.21. The van der Waals surface area contributed by atoms with Crippen molar-refractivity contribution in [2.75, 3.05) is 32.1 Å². The lowest BCUT2D eigenvalue weighted by Crippen LogP contribution is -2.49. The summed E-state index contributed by atoms with van der Waals surface area (Å²) in [5.74, 6) is 0.652. The molecule has 1 aromatic heterocycles. The fourth-order valence-corrected chi connectivity index (χ4v) is 3.58. The number of piperidine rings is 1. The van der Waals surface area contributed by atoms with Crippen LogP contribution in [0.15, 0.2) is 42.7 Å². The second kappa shape index (κ2) is 7.87. The zero-order valence-electron chi connectivity index (χ0n) is 15.9. The summed E-state index contributed by atoms with van der Waals surface area (Å²) in [5.41, 5.74) is 9.70. The number of pyridine rings is 1. The van der Waals surface area contributed by atoms with E-state index in [9.17, 15) is 4.79 Å². The molecule has 0 saturated carbocycles. The number of rotatable bonds is 4. The third kappa shape index (κ3) is 3.88. The molecule has 2 heterocycles. The lowest BCUT2D eigenvalue weighted by atomic mass is 9.92. The highest BCUT2D eigenvalue weighted by Gasteiger charge is 2.29. The van der Waals surface area contributed by atoms with Crippen molar-refractivity contribution in [3.8, 4) is 11.1 Å². The van der Waals surface area contributed by atoms with E-state index in [1.165, 1.54) is 0 Å². The Bertz CT molecular complexity index is 757. The highest BCUT2D eigenvalue weighted by molar-refractivity contribution is 5.95. The SMILES string of the molecule is CC1CCN(C(=O)c2cncc(-c3ccc(N(C)C)cc3)c2)C(CN)C1. The lowest BCUT2D eigenvalue weighted by Gasteiger charge is -2.38. The largest absolute Gasteiger partial charge is 0.378 e. The molecular formula is C21H28N4O. The maximum absolute atomic E-state index is 13.0. The summed E-state index contributed by atoms with van der Waals surface area (Å²) >= 11 is 0. The normalized spacial score (nSPS) is 20.1. The van der Waals surface area contributed by atoms with Crippen LogP contribution in [0.2, 0.25) is 0 Å².